The van der Waals surface area contributed by atoms with Crippen molar-refractivity contribution >= 4 is 44.0 Å². The van der Waals surface area contributed by atoms with E-state index in [-0.39, 0.29) is 5.91 Å². The third kappa shape index (κ3) is 2.79. The quantitative estimate of drug-likeness (QED) is 0.881. The van der Waals surface area contributed by atoms with E-state index in [2.05, 4.69) is 31.5 Å². The highest BCUT2D eigenvalue weighted by molar-refractivity contribution is 9.11. The van der Waals surface area contributed by atoms with Gasteiger partial charge in [0, 0.05) is 17.8 Å². The summed E-state index contributed by atoms with van der Waals surface area (Å²) >= 11 is 4.72. The normalized spacial score (nSPS) is 13.5. The Morgan fingerprint density at radius 1 is 1.47 bits per heavy atom. The zero-order valence-electron chi connectivity index (χ0n) is 10.1. The molecular weight excluding hydrogens is 326 g/mol. The van der Waals surface area contributed by atoms with Crippen LogP contribution in [0.2, 0.25) is 0 Å². The molecule has 19 heavy (non-hydrogen) atoms. The van der Waals surface area contributed by atoms with E-state index in [1.807, 2.05) is 18.2 Å². The van der Waals surface area contributed by atoms with Crippen LogP contribution in [0.3, 0.4) is 0 Å². The van der Waals surface area contributed by atoms with Crippen LogP contribution in [0, 0.1) is 0 Å². The Hall–Kier alpha value is -1.40. The molecule has 3 rings (SSSR count). The van der Waals surface area contributed by atoms with Crippen LogP contribution in [0.5, 0.6) is 0 Å². The van der Waals surface area contributed by atoms with E-state index in [9.17, 15) is 4.79 Å². The lowest BCUT2D eigenvalue weighted by molar-refractivity contribution is 0.102. The van der Waals surface area contributed by atoms with Gasteiger partial charge >= 0.3 is 0 Å². The second-order valence-corrected chi connectivity index (χ2v) is 6.74. The number of thiazole rings is 1. The summed E-state index contributed by atoms with van der Waals surface area (Å²) < 4.78 is 0.900. The number of carbonyl (C=O) groups excluding carboxylic acids is 1. The number of rotatable bonds is 2. The molecule has 1 amide bonds. The highest BCUT2D eigenvalue weighted by Crippen LogP contribution is 2.25. The zero-order chi connectivity index (χ0) is 13.2. The summed E-state index contributed by atoms with van der Waals surface area (Å²) in [5, 5.41) is 6.74. The van der Waals surface area contributed by atoms with Crippen LogP contribution in [0.1, 0.15) is 22.3 Å². The first-order valence-corrected chi connectivity index (χ1v) is 7.63. The number of benzene rings is 1. The van der Waals surface area contributed by atoms with Gasteiger partial charge < -0.3 is 5.32 Å². The van der Waals surface area contributed by atoms with Crippen molar-refractivity contribution in [2.24, 2.45) is 0 Å². The van der Waals surface area contributed by atoms with E-state index in [0.717, 1.165) is 28.9 Å². The van der Waals surface area contributed by atoms with Gasteiger partial charge in [0.05, 0.1) is 9.98 Å². The summed E-state index contributed by atoms with van der Waals surface area (Å²) in [4.78, 5) is 16.2. The topological polar surface area (TPSA) is 54.0 Å². The van der Waals surface area contributed by atoms with Crippen molar-refractivity contribution in [1.82, 2.24) is 4.98 Å². The lowest BCUT2D eigenvalue weighted by Gasteiger charge is -2.18. The Kier molecular flexibility index (Phi) is 3.52. The molecule has 0 radical (unpaired) electrons. The molecule has 0 fully saturated rings. The molecule has 1 aliphatic rings. The van der Waals surface area contributed by atoms with Crippen LogP contribution in [0.4, 0.5) is 10.8 Å². The van der Waals surface area contributed by atoms with Crippen molar-refractivity contribution in [2.45, 2.75) is 12.8 Å². The molecule has 0 unspecified atom stereocenters. The van der Waals surface area contributed by atoms with Crippen molar-refractivity contribution in [3.63, 3.8) is 0 Å². The van der Waals surface area contributed by atoms with Gasteiger partial charge in [-0.1, -0.05) is 11.3 Å². The maximum Gasteiger partial charge on any atom is 0.257 e. The van der Waals surface area contributed by atoms with Crippen molar-refractivity contribution < 1.29 is 4.79 Å². The van der Waals surface area contributed by atoms with E-state index in [1.54, 1.807) is 6.20 Å². The fourth-order valence-corrected chi connectivity index (χ4v) is 3.20. The van der Waals surface area contributed by atoms with Crippen molar-refractivity contribution in [2.75, 3.05) is 17.2 Å². The van der Waals surface area contributed by atoms with Gasteiger partial charge in [0.1, 0.15) is 0 Å². The maximum atomic E-state index is 12.1. The van der Waals surface area contributed by atoms with E-state index in [1.165, 1.54) is 16.9 Å². The number of hydrogen-bond donors (Lipinski definition) is 2. The highest BCUT2D eigenvalue weighted by atomic mass is 79.9. The summed E-state index contributed by atoms with van der Waals surface area (Å²) in [6, 6.07) is 5.77. The summed E-state index contributed by atoms with van der Waals surface area (Å²) in [7, 11) is 0. The minimum atomic E-state index is -0.116. The molecule has 0 bridgehead atoms. The fraction of sp³-hybridized carbons (Fsp3) is 0.231. The number of anilines is 2. The van der Waals surface area contributed by atoms with Crippen LogP contribution < -0.4 is 10.6 Å². The predicted molar refractivity (Wildman–Crippen MR) is 81.0 cm³/mol. The first kappa shape index (κ1) is 12.6. The summed E-state index contributed by atoms with van der Waals surface area (Å²) in [5.74, 6) is -0.116. The number of nitrogens with one attached hydrogen (secondary N) is 2. The number of aromatic nitrogens is 1. The number of hydrogen-bond acceptors (Lipinski definition) is 4. The molecule has 98 valence electrons. The third-order valence-electron chi connectivity index (χ3n) is 3.00. The van der Waals surface area contributed by atoms with Crippen molar-refractivity contribution in [3.05, 3.63) is 39.3 Å². The van der Waals surface area contributed by atoms with Gasteiger partial charge in [-0.15, -0.1) is 0 Å². The molecule has 1 aliphatic heterocycles. The van der Waals surface area contributed by atoms with Gasteiger partial charge in [0.15, 0.2) is 5.13 Å². The molecule has 2 aromatic rings. The van der Waals surface area contributed by atoms with Gasteiger partial charge in [-0.2, -0.15) is 0 Å². The predicted octanol–water partition coefficient (Wildman–Crippen LogP) is 3.52. The lowest BCUT2D eigenvalue weighted by atomic mass is 10.0. The Morgan fingerprint density at radius 2 is 2.37 bits per heavy atom. The van der Waals surface area contributed by atoms with Gasteiger partial charge in [0.2, 0.25) is 0 Å². The number of nitrogens with zero attached hydrogens (tertiary/aromatic N) is 1. The Bertz CT molecular complexity index is 626. The molecular formula is C13H12BrN3OS. The molecule has 4 nitrogen and oxygen atoms in total. The van der Waals surface area contributed by atoms with Gasteiger partial charge in [-0.25, -0.2) is 4.98 Å². The van der Waals surface area contributed by atoms with Crippen LogP contribution in [0.25, 0.3) is 0 Å². The molecule has 0 atom stereocenters. The largest absolute Gasteiger partial charge is 0.385 e. The van der Waals surface area contributed by atoms with Crippen LogP contribution in [-0.4, -0.2) is 17.4 Å². The molecule has 1 aromatic heterocycles. The van der Waals surface area contributed by atoms with Crippen molar-refractivity contribution in [3.8, 4) is 0 Å². The summed E-state index contributed by atoms with van der Waals surface area (Å²) in [5.41, 5.74) is 3.02. The highest BCUT2D eigenvalue weighted by Gasteiger charge is 2.13. The van der Waals surface area contributed by atoms with E-state index in [4.69, 9.17) is 0 Å². The Morgan fingerprint density at radius 3 is 3.16 bits per heavy atom. The average Bonchev–Trinajstić information content (AvgIpc) is 2.83. The standard InChI is InChI=1S/C13H12BrN3OS/c14-11-7-16-13(19-11)17-12(18)9-3-4-10-8(6-9)2-1-5-15-10/h3-4,6-7,15H,1-2,5H2,(H,16,17,18). The summed E-state index contributed by atoms with van der Waals surface area (Å²) in [6.45, 7) is 1.01. The molecule has 0 aliphatic carbocycles. The smallest absolute Gasteiger partial charge is 0.257 e. The van der Waals surface area contributed by atoms with Crippen LogP contribution in [-0.2, 0) is 6.42 Å². The SMILES string of the molecule is O=C(Nc1ncc(Br)s1)c1ccc2c(c1)CCCN2. The first-order valence-electron chi connectivity index (χ1n) is 6.02. The lowest BCUT2D eigenvalue weighted by Crippen LogP contribution is -2.15. The van der Waals surface area contributed by atoms with Crippen LogP contribution >= 0.6 is 27.3 Å². The monoisotopic (exact) mass is 337 g/mol. The number of amides is 1. The molecule has 0 spiro atoms. The molecule has 1 aromatic carbocycles. The van der Waals surface area contributed by atoms with E-state index < -0.39 is 0 Å². The second kappa shape index (κ2) is 5.30. The molecule has 0 saturated heterocycles. The number of halogens is 1. The number of aryl methyl sites for hydroxylation is 1. The molecule has 2 N–H and O–H groups in total. The zero-order valence-corrected chi connectivity index (χ0v) is 12.5. The number of fused-ring (bicyclic) bond motifs is 1. The van der Waals surface area contributed by atoms with Crippen LogP contribution in [0.15, 0.2) is 28.2 Å². The minimum Gasteiger partial charge on any atom is -0.385 e. The Labute approximate surface area is 123 Å². The molecule has 0 saturated carbocycles. The first-order chi connectivity index (χ1) is 9.22. The van der Waals surface area contributed by atoms with E-state index >= 15 is 0 Å². The third-order valence-corrected chi connectivity index (χ3v) is 4.40. The molecule has 2 heterocycles. The van der Waals surface area contributed by atoms with Crippen molar-refractivity contribution in [1.29, 1.82) is 0 Å². The van der Waals surface area contributed by atoms with E-state index in [0.29, 0.717) is 10.7 Å². The number of carbonyl (C=O) groups is 1. The average molecular weight is 338 g/mol. The van der Waals surface area contributed by atoms with Gasteiger partial charge in [-0.3, -0.25) is 10.1 Å². The fourth-order valence-electron chi connectivity index (χ4n) is 2.10. The van der Waals surface area contributed by atoms with Gasteiger partial charge in [0.25, 0.3) is 5.91 Å². The molecule has 6 heteroatoms. The minimum absolute atomic E-state index is 0.116. The second-order valence-electron chi connectivity index (χ2n) is 4.33. The Balaban J connectivity index is 1.80. The maximum absolute atomic E-state index is 12.1. The van der Waals surface area contributed by atoms with Gasteiger partial charge in [-0.05, 0) is 52.5 Å². The summed E-state index contributed by atoms with van der Waals surface area (Å²) in [6.07, 6.45) is 3.81.